The highest BCUT2D eigenvalue weighted by Crippen LogP contribution is 2.23. The third-order valence-corrected chi connectivity index (χ3v) is 4.05. The molecule has 0 saturated carbocycles. The van der Waals surface area contributed by atoms with Gasteiger partial charge in [0.2, 0.25) is 0 Å². The van der Waals surface area contributed by atoms with Gasteiger partial charge in [0, 0.05) is 26.7 Å². The summed E-state index contributed by atoms with van der Waals surface area (Å²) in [4.78, 5) is 2.55. The fraction of sp³-hybridized carbons (Fsp3) is 1.00. The van der Waals surface area contributed by atoms with Crippen molar-refractivity contribution in [3.8, 4) is 0 Å². The van der Waals surface area contributed by atoms with E-state index in [0.29, 0.717) is 12.2 Å². The summed E-state index contributed by atoms with van der Waals surface area (Å²) < 4.78 is 11.3. The lowest BCUT2D eigenvalue weighted by Crippen LogP contribution is -2.33. The van der Waals surface area contributed by atoms with Gasteiger partial charge in [-0.2, -0.15) is 0 Å². The Kier molecular flexibility index (Phi) is 5.89. The molecule has 3 unspecified atom stereocenters. The van der Waals surface area contributed by atoms with Crippen molar-refractivity contribution >= 4 is 0 Å². The molecule has 2 rings (SSSR count). The predicted molar refractivity (Wildman–Crippen MR) is 72.9 cm³/mol. The van der Waals surface area contributed by atoms with E-state index in [1.165, 1.54) is 32.4 Å². The van der Waals surface area contributed by atoms with Gasteiger partial charge < -0.3 is 19.7 Å². The summed E-state index contributed by atoms with van der Waals surface area (Å²) in [6.45, 7) is 8.62. The van der Waals surface area contributed by atoms with E-state index in [4.69, 9.17) is 9.47 Å². The summed E-state index contributed by atoms with van der Waals surface area (Å²) in [5.41, 5.74) is 0. The third kappa shape index (κ3) is 4.19. The molecule has 0 aliphatic carbocycles. The summed E-state index contributed by atoms with van der Waals surface area (Å²) in [6.07, 6.45) is 4.61. The predicted octanol–water partition coefficient (Wildman–Crippen LogP) is 1.11. The molecule has 4 nitrogen and oxygen atoms in total. The fourth-order valence-corrected chi connectivity index (χ4v) is 3.11. The van der Waals surface area contributed by atoms with E-state index in [-0.39, 0.29) is 0 Å². The van der Waals surface area contributed by atoms with Crippen molar-refractivity contribution in [1.29, 1.82) is 0 Å². The van der Waals surface area contributed by atoms with Gasteiger partial charge in [0.05, 0.1) is 18.8 Å². The van der Waals surface area contributed by atoms with Crippen molar-refractivity contribution in [1.82, 2.24) is 10.2 Å². The summed E-state index contributed by atoms with van der Waals surface area (Å²) in [5.74, 6) is 0.731. The normalized spacial score (nSPS) is 33.3. The Morgan fingerprint density at radius 3 is 2.89 bits per heavy atom. The first-order valence-corrected chi connectivity index (χ1v) is 7.39. The van der Waals surface area contributed by atoms with E-state index in [2.05, 4.69) is 17.1 Å². The molecule has 2 aliphatic rings. The molecule has 0 aromatic carbocycles. The molecule has 18 heavy (non-hydrogen) atoms. The van der Waals surface area contributed by atoms with Crippen LogP contribution in [0.25, 0.3) is 0 Å². The first-order valence-electron chi connectivity index (χ1n) is 7.39. The van der Waals surface area contributed by atoms with Crippen molar-refractivity contribution in [2.24, 2.45) is 5.92 Å². The van der Waals surface area contributed by atoms with Gasteiger partial charge in [-0.3, -0.25) is 0 Å². The first-order chi connectivity index (χ1) is 8.81. The number of likely N-dealkylation sites (tertiary alicyclic amines) is 1. The quantitative estimate of drug-likeness (QED) is 0.740. The molecule has 0 amide bonds. The van der Waals surface area contributed by atoms with Crippen LogP contribution in [-0.2, 0) is 9.47 Å². The van der Waals surface area contributed by atoms with Gasteiger partial charge >= 0.3 is 0 Å². The second-order valence-corrected chi connectivity index (χ2v) is 5.63. The third-order valence-electron chi connectivity index (χ3n) is 4.05. The Balaban J connectivity index is 1.63. The fourth-order valence-electron chi connectivity index (χ4n) is 3.11. The van der Waals surface area contributed by atoms with Crippen LogP contribution >= 0.6 is 0 Å². The zero-order chi connectivity index (χ0) is 12.8. The number of hydrogen-bond acceptors (Lipinski definition) is 4. The van der Waals surface area contributed by atoms with Crippen LogP contribution in [0.1, 0.15) is 26.2 Å². The summed E-state index contributed by atoms with van der Waals surface area (Å²) in [6, 6.07) is 0. The molecular formula is C14H28N2O2. The highest BCUT2D eigenvalue weighted by atomic mass is 16.5. The van der Waals surface area contributed by atoms with Crippen molar-refractivity contribution in [2.75, 3.05) is 46.4 Å². The van der Waals surface area contributed by atoms with E-state index in [1.54, 1.807) is 7.11 Å². The number of rotatable bonds is 7. The lowest BCUT2D eigenvalue weighted by atomic mass is 10.1. The standard InChI is InChI=1S/C14H28N2O2/c1-3-15-8-13-4-5-14(18-13)10-16-7-6-12(9-16)11-17-2/h12-15H,3-11H2,1-2H3. The van der Waals surface area contributed by atoms with Gasteiger partial charge in [-0.15, -0.1) is 0 Å². The van der Waals surface area contributed by atoms with Gasteiger partial charge in [0.25, 0.3) is 0 Å². The van der Waals surface area contributed by atoms with Gasteiger partial charge in [-0.05, 0) is 38.3 Å². The highest BCUT2D eigenvalue weighted by Gasteiger charge is 2.29. The smallest absolute Gasteiger partial charge is 0.0707 e. The topological polar surface area (TPSA) is 33.7 Å². The number of ether oxygens (including phenoxy) is 2. The van der Waals surface area contributed by atoms with Crippen LogP contribution in [-0.4, -0.2) is 63.5 Å². The van der Waals surface area contributed by atoms with Crippen LogP contribution in [0.15, 0.2) is 0 Å². The van der Waals surface area contributed by atoms with Crippen LogP contribution < -0.4 is 5.32 Å². The van der Waals surface area contributed by atoms with E-state index >= 15 is 0 Å². The molecule has 0 bridgehead atoms. The van der Waals surface area contributed by atoms with Gasteiger partial charge in [0.1, 0.15) is 0 Å². The SMILES string of the molecule is CCNCC1CCC(CN2CCC(COC)C2)O1. The Labute approximate surface area is 111 Å². The average Bonchev–Trinajstić information content (AvgIpc) is 2.98. The molecule has 0 aromatic rings. The van der Waals surface area contributed by atoms with Crippen molar-refractivity contribution in [3.05, 3.63) is 0 Å². The molecule has 0 spiro atoms. The minimum absolute atomic E-state index is 0.437. The minimum atomic E-state index is 0.437. The van der Waals surface area contributed by atoms with E-state index in [0.717, 1.165) is 32.2 Å². The molecule has 0 aromatic heterocycles. The minimum Gasteiger partial charge on any atom is -0.384 e. The zero-order valence-electron chi connectivity index (χ0n) is 11.9. The number of hydrogen-bond donors (Lipinski definition) is 1. The van der Waals surface area contributed by atoms with E-state index in [9.17, 15) is 0 Å². The Morgan fingerprint density at radius 2 is 2.11 bits per heavy atom. The molecule has 2 fully saturated rings. The molecule has 0 radical (unpaired) electrons. The number of likely N-dealkylation sites (N-methyl/N-ethyl adjacent to an activating group) is 1. The van der Waals surface area contributed by atoms with E-state index < -0.39 is 0 Å². The highest BCUT2D eigenvalue weighted by molar-refractivity contribution is 4.82. The van der Waals surface area contributed by atoms with Crippen LogP contribution in [0.5, 0.6) is 0 Å². The molecule has 1 N–H and O–H groups in total. The lowest BCUT2D eigenvalue weighted by Gasteiger charge is -2.21. The number of methoxy groups -OCH3 is 1. The van der Waals surface area contributed by atoms with Crippen LogP contribution in [0, 0.1) is 5.92 Å². The van der Waals surface area contributed by atoms with Crippen LogP contribution in [0.3, 0.4) is 0 Å². The second-order valence-electron chi connectivity index (χ2n) is 5.63. The number of nitrogens with one attached hydrogen (secondary N) is 1. The molecule has 2 saturated heterocycles. The molecule has 2 heterocycles. The van der Waals surface area contributed by atoms with Crippen molar-refractivity contribution in [2.45, 2.75) is 38.4 Å². The molecule has 3 atom stereocenters. The first kappa shape index (κ1) is 14.3. The number of nitrogens with zero attached hydrogens (tertiary/aromatic N) is 1. The monoisotopic (exact) mass is 256 g/mol. The molecule has 2 aliphatic heterocycles. The van der Waals surface area contributed by atoms with Crippen molar-refractivity contribution in [3.63, 3.8) is 0 Å². The molecule has 4 heteroatoms. The lowest BCUT2D eigenvalue weighted by molar-refractivity contribution is 0.0264. The largest absolute Gasteiger partial charge is 0.384 e. The summed E-state index contributed by atoms with van der Waals surface area (Å²) in [5, 5.41) is 3.37. The Bertz CT molecular complexity index is 238. The second kappa shape index (κ2) is 7.43. The van der Waals surface area contributed by atoms with Gasteiger partial charge in [-0.1, -0.05) is 6.92 Å². The maximum Gasteiger partial charge on any atom is 0.0707 e. The van der Waals surface area contributed by atoms with E-state index in [1.807, 2.05) is 0 Å². The summed E-state index contributed by atoms with van der Waals surface area (Å²) >= 11 is 0. The van der Waals surface area contributed by atoms with Crippen molar-refractivity contribution < 1.29 is 9.47 Å². The maximum atomic E-state index is 6.09. The van der Waals surface area contributed by atoms with Gasteiger partial charge in [0.15, 0.2) is 0 Å². The van der Waals surface area contributed by atoms with Crippen LogP contribution in [0.2, 0.25) is 0 Å². The molecule has 106 valence electrons. The van der Waals surface area contributed by atoms with Gasteiger partial charge in [-0.25, -0.2) is 0 Å². The Morgan fingerprint density at radius 1 is 1.28 bits per heavy atom. The average molecular weight is 256 g/mol. The molecular weight excluding hydrogens is 228 g/mol. The Hall–Kier alpha value is -0.160. The zero-order valence-corrected chi connectivity index (χ0v) is 11.9. The van der Waals surface area contributed by atoms with Crippen LogP contribution in [0.4, 0.5) is 0 Å². The maximum absolute atomic E-state index is 6.09. The summed E-state index contributed by atoms with van der Waals surface area (Å²) in [7, 11) is 1.80.